The van der Waals surface area contributed by atoms with Crippen LogP contribution in [0.2, 0.25) is 0 Å². The van der Waals surface area contributed by atoms with Gasteiger partial charge in [-0.05, 0) is 26.0 Å². The summed E-state index contributed by atoms with van der Waals surface area (Å²) in [6.45, 7) is 4.46. The van der Waals surface area contributed by atoms with E-state index in [1.165, 1.54) is 0 Å². The van der Waals surface area contributed by atoms with Crippen LogP contribution in [0.3, 0.4) is 0 Å². The second kappa shape index (κ2) is 3.57. The van der Waals surface area contributed by atoms with Crippen molar-refractivity contribution in [3.05, 3.63) is 41.9 Å². The minimum Gasteiger partial charge on any atom is -0.444 e. The summed E-state index contributed by atoms with van der Waals surface area (Å²) in [4.78, 5) is 4.27. The van der Waals surface area contributed by atoms with E-state index in [9.17, 15) is 0 Å². The molecule has 0 saturated carbocycles. The summed E-state index contributed by atoms with van der Waals surface area (Å²) in [5.74, 6) is 1.60. The van der Waals surface area contributed by atoms with E-state index in [1.807, 2.05) is 43.0 Å². The quantitative estimate of drug-likeness (QED) is 0.805. The molecule has 0 bridgehead atoms. The standard InChI is InChI=1S/C10H13N3O/c1-8-9(2)14-10(12-8)7-11-13-5-3-4-6-13/h3-6,11H,7H2,1-2H3. The van der Waals surface area contributed by atoms with Crippen molar-refractivity contribution < 1.29 is 4.42 Å². The molecule has 0 aliphatic carbocycles. The van der Waals surface area contributed by atoms with Crippen molar-refractivity contribution in [1.82, 2.24) is 9.66 Å². The van der Waals surface area contributed by atoms with Gasteiger partial charge in [-0.2, -0.15) is 0 Å². The van der Waals surface area contributed by atoms with Crippen molar-refractivity contribution in [3.8, 4) is 0 Å². The van der Waals surface area contributed by atoms with Gasteiger partial charge in [-0.25, -0.2) is 4.98 Å². The number of nitrogens with one attached hydrogen (secondary N) is 1. The van der Waals surface area contributed by atoms with Gasteiger partial charge < -0.3 is 9.84 Å². The Hall–Kier alpha value is -1.71. The highest BCUT2D eigenvalue weighted by Gasteiger charge is 2.03. The smallest absolute Gasteiger partial charge is 0.215 e. The molecule has 0 atom stereocenters. The maximum Gasteiger partial charge on any atom is 0.215 e. The molecule has 4 nitrogen and oxygen atoms in total. The first-order valence-electron chi connectivity index (χ1n) is 4.55. The van der Waals surface area contributed by atoms with Crippen molar-refractivity contribution >= 4 is 0 Å². The largest absolute Gasteiger partial charge is 0.444 e. The molecule has 0 unspecified atom stereocenters. The van der Waals surface area contributed by atoms with Crippen molar-refractivity contribution in [2.75, 3.05) is 5.43 Å². The minimum absolute atomic E-state index is 0.601. The van der Waals surface area contributed by atoms with Gasteiger partial charge in [0.25, 0.3) is 0 Å². The number of rotatable bonds is 3. The molecule has 2 heterocycles. The number of nitrogens with zero attached hydrogens (tertiary/aromatic N) is 2. The van der Waals surface area contributed by atoms with Gasteiger partial charge in [0.05, 0.1) is 5.69 Å². The molecule has 74 valence electrons. The predicted octanol–water partition coefficient (Wildman–Crippen LogP) is 1.84. The minimum atomic E-state index is 0.601. The molecule has 0 aliphatic rings. The Morgan fingerprint density at radius 2 is 2.07 bits per heavy atom. The molecule has 1 N–H and O–H groups in total. The highest BCUT2D eigenvalue weighted by atomic mass is 16.4. The van der Waals surface area contributed by atoms with Crippen molar-refractivity contribution in [2.24, 2.45) is 0 Å². The van der Waals surface area contributed by atoms with Gasteiger partial charge in [0.15, 0.2) is 0 Å². The van der Waals surface area contributed by atoms with Crippen LogP contribution in [0.1, 0.15) is 17.3 Å². The van der Waals surface area contributed by atoms with Crippen LogP contribution >= 0.6 is 0 Å². The molecule has 0 spiro atoms. The van der Waals surface area contributed by atoms with E-state index in [0.717, 1.165) is 11.5 Å². The number of hydrogen-bond donors (Lipinski definition) is 1. The average Bonchev–Trinajstić information content (AvgIpc) is 2.74. The van der Waals surface area contributed by atoms with E-state index in [2.05, 4.69) is 10.4 Å². The topological polar surface area (TPSA) is 43.0 Å². The summed E-state index contributed by atoms with van der Waals surface area (Å²) >= 11 is 0. The maximum absolute atomic E-state index is 5.43. The number of aryl methyl sites for hydroxylation is 2. The van der Waals surface area contributed by atoms with E-state index in [-0.39, 0.29) is 0 Å². The Morgan fingerprint density at radius 3 is 2.64 bits per heavy atom. The Kier molecular flexibility index (Phi) is 2.26. The zero-order valence-corrected chi connectivity index (χ0v) is 8.32. The molecule has 0 aliphatic heterocycles. The Balaban J connectivity index is 1.98. The lowest BCUT2D eigenvalue weighted by Gasteiger charge is -2.03. The van der Waals surface area contributed by atoms with Gasteiger partial charge in [0, 0.05) is 12.4 Å². The lowest BCUT2D eigenvalue weighted by Crippen LogP contribution is -2.11. The molecule has 2 aromatic rings. The fourth-order valence-corrected chi connectivity index (χ4v) is 1.21. The zero-order chi connectivity index (χ0) is 9.97. The molecule has 4 heteroatoms. The van der Waals surface area contributed by atoms with Gasteiger partial charge in [-0.1, -0.05) is 0 Å². The van der Waals surface area contributed by atoms with Crippen molar-refractivity contribution in [1.29, 1.82) is 0 Å². The monoisotopic (exact) mass is 191 g/mol. The summed E-state index contributed by atoms with van der Waals surface area (Å²) in [5, 5.41) is 0. The van der Waals surface area contributed by atoms with Crippen LogP contribution in [0.15, 0.2) is 28.9 Å². The van der Waals surface area contributed by atoms with E-state index in [1.54, 1.807) is 0 Å². The third-order valence-corrected chi connectivity index (χ3v) is 2.09. The van der Waals surface area contributed by atoms with Crippen LogP contribution in [-0.4, -0.2) is 9.66 Å². The van der Waals surface area contributed by atoms with E-state index in [0.29, 0.717) is 12.4 Å². The van der Waals surface area contributed by atoms with Gasteiger partial charge in [0.2, 0.25) is 5.89 Å². The Morgan fingerprint density at radius 1 is 1.36 bits per heavy atom. The number of hydrogen-bond acceptors (Lipinski definition) is 3. The van der Waals surface area contributed by atoms with Crippen LogP contribution < -0.4 is 5.43 Å². The van der Waals surface area contributed by atoms with Crippen LogP contribution in [0.4, 0.5) is 0 Å². The predicted molar refractivity (Wildman–Crippen MR) is 53.5 cm³/mol. The molecule has 0 radical (unpaired) electrons. The molecular formula is C10H13N3O. The molecule has 0 aromatic carbocycles. The maximum atomic E-state index is 5.43. The van der Waals surface area contributed by atoms with Crippen molar-refractivity contribution in [2.45, 2.75) is 20.4 Å². The normalized spacial score (nSPS) is 10.4. The molecule has 0 fully saturated rings. The van der Waals surface area contributed by atoms with E-state index < -0.39 is 0 Å². The van der Waals surface area contributed by atoms with Crippen molar-refractivity contribution in [3.63, 3.8) is 0 Å². The SMILES string of the molecule is Cc1nc(CNn2cccc2)oc1C. The summed E-state index contributed by atoms with van der Waals surface area (Å²) in [6, 6.07) is 3.91. The van der Waals surface area contributed by atoms with E-state index in [4.69, 9.17) is 4.42 Å². The van der Waals surface area contributed by atoms with Gasteiger partial charge in [0.1, 0.15) is 12.3 Å². The van der Waals surface area contributed by atoms with Crippen LogP contribution in [0.5, 0.6) is 0 Å². The lowest BCUT2D eigenvalue weighted by molar-refractivity contribution is 0.472. The summed E-state index contributed by atoms with van der Waals surface area (Å²) in [7, 11) is 0. The number of aromatic nitrogens is 2. The fourth-order valence-electron chi connectivity index (χ4n) is 1.21. The lowest BCUT2D eigenvalue weighted by atomic mass is 10.4. The second-order valence-electron chi connectivity index (χ2n) is 3.17. The third kappa shape index (κ3) is 1.79. The van der Waals surface area contributed by atoms with E-state index >= 15 is 0 Å². The van der Waals surface area contributed by atoms with Crippen LogP contribution in [0.25, 0.3) is 0 Å². The molecular weight excluding hydrogens is 178 g/mol. The molecule has 2 aromatic heterocycles. The number of oxazole rings is 1. The third-order valence-electron chi connectivity index (χ3n) is 2.09. The zero-order valence-electron chi connectivity index (χ0n) is 8.32. The molecule has 0 saturated heterocycles. The highest BCUT2D eigenvalue weighted by Crippen LogP contribution is 2.07. The first-order chi connectivity index (χ1) is 6.75. The molecule has 2 rings (SSSR count). The average molecular weight is 191 g/mol. The Bertz CT molecular complexity index is 383. The van der Waals surface area contributed by atoms with Gasteiger partial charge in [-0.3, -0.25) is 4.68 Å². The first-order valence-corrected chi connectivity index (χ1v) is 4.55. The van der Waals surface area contributed by atoms with Gasteiger partial charge >= 0.3 is 0 Å². The Labute approximate surface area is 82.5 Å². The summed E-state index contributed by atoms with van der Waals surface area (Å²) in [6.07, 6.45) is 3.87. The summed E-state index contributed by atoms with van der Waals surface area (Å²) in [5.41, 5.74) is 4.09. The van der Waals surface area contributed by atoms with Crippen LogP contribution in [0, 0.1) is 13.8 Å². The highest BCUT2D eigenvalue weighted by molar-refractivity contribution is 5.06. The first kappa shape index (κ1) is 8.87. The van der Waals surface area contributed by atoms with Crippen LogP contribution in [-0.2, 0) is 6.54 Å². The molecule has 0 amide bonds. The second-order valence-corrected chi connectivity index (χ2v) is 3.17. The van der Waals surface area contributed by atoms with Gasteiger partial charge in [-0.15, -0.1) is 0 Å². The summed E-state index contributed by atoms with van der Waals surface area (Å²) < 4.78 is 7.30. The fraction of sp³-hybridized carbons (Fsp3) is 0.300. The molecule has 14 heavy (non-hydrogen) atoms.